The summed E-state index contributed by atoms with van der Waals surface area (Å²) < 4.78 is 45.8. The van der Waals surface area contributed by atoms with E-state index in [4.69, 9.17) is 4.74 Å². The number of halogens is 3. The van der Waals surface area contributed by atoms with Crippen LogP contribution in [-0.4, -0.2) is 34.5 Å². The molecule has 1 aromatic rings. The molecular weight excluding hydrogens is 295 g/mol. The van der Waals surface area contributed by atoms with Crippen LogP contribution in [0.5, 0.6) is 0 Å². The molecule has 0 aromatic carbocycles. The van der Waals surface area contributed by atoms with Gasteiger partial charge in [0.15, 0.2) is 0 Å². The van der Waals surface area contributed by atoms with E-state index in [1.807, 2.05) is 0 Å². The van der Waals surface area contributed by atoms with Crippen LogP contribution in [0.25, 0.3) is 0 Å². The molecule has 0 N–H and O–H groups in total. The highest BCUT2D eigenvalue weighted by atomic mass is 32.1. The summed E-state index contributed by atoms with van der Waals surface area (Å²) >= 11 is 0.659. The van der Waals surface area contributed by atoms with Crippen LogP contribution in [0.3, 0.4) is 0 Å². The zero-order valence-electron chi connectivity index (χ0n) is 10.8. The molecule has 1 atom stereocenters. The van der Waals surface area contributed by atoms with Gasteiger partial charge in [0.1, 0.15) is 6.04 Å². The molecule has 2 rings (SSSR count). The average molecular weight is 309 g/mol. The second-order valence-corrected chi connectivity index (χ2v) is 5.09. The zero-order chi connectivity index (χ0) is 14.8. The first kappa shape index (κ1) is 15.0. The standard InChI is InChI=1S/C11H14F3N3O2S/c1-2-19-8(18)7-5-3-4-6-17(7)10-15-9(16-20-10)11(12,13)14/h7H,2-6H2,1H3. The number of esters is 1. The zero-order valence-corrected chi connectivity index (χ0v) is 11.6. The van der Waals surface area contributed by atoms with Gasteiger partial charge in [-0.25, -0.2) is 4.79 Å². The molecule has 0 saturated carbocycles. The highest BCUT2D eigenvalue weighted by Crippen LogP contribution is 2.32. The molecule has 1 aliphatic rings. The van der Waals surface area contributed by atoms with Gasteiger partial charge in [0.05, 0.1) is 6.61 Å². The maximum atomic E-state index is 12.5. The van der Waals surface area contributed by atoms with E-state index < -0.39 is 24.0 Å². The van der Waals surface area contributed by atoms with Gasteiger partial charge in [-0.1, -0.05) is 0 Å². The third-order valence-corrected chi connectivity index (χ3v) is 3.73. The van der Waals surface area contributed by atoms with Gasteiger partial charge in [-0.2, -0.15) is 22.5 Å². The van der Waals surface area contributed by atoms with E-state index in [1.54, 1.807) is 11.8 Å². The summed E-state index contributed by atoms with van der Waals surface area (Å²) in [6.45, 7) is 2.42. The van der Waals surface area contributed by atoms with Crippen LogP contribution in [0.4, 0.5) is 18.3 Å². The average Bonchev–Trinajstić information content (AvgIpc) is 2.88. The van der Waals surface area contributed by atoms with Crippen molar-refractivity contribution in [1.29, 1.82) is 0 Å². The van der Waals surface area contributed by atoms with Crippen LogP contribution in [0, 0.1) is 0 Å². The third-order valence-electron chi connectivity index (χ3n) is 2.98. The number of hydrogen-bond acceptors (Lipinski definition) is 6. The molecule has 5 nitrogen and oxygen atoms in total. The second kappa shape index (κ2) is 5.94. The topological polar surface area (TPSA) is 55.3 Å². The van der Waals surface area contributed by atoms with Crippen molar-refractivity contribution in [2.45, 2.75) is 38.4 Å². The number of aromatic nitrogens is 2. The predicted molar refractivity (Wildman–Crippen MR) is 66.5 cm³/mol. The lowest BCUT2D eigenvalue weighted by molar-refractivity contribution is -0.145. The largest absolute Gasteiger partial charge is 0.464 e. The summed E-state index contributed by atoms with van der Waals surface area (Å²) in [4.78, 5) is 16.9. The molecule has 9 heteroatoms. The van der Waals surface area contributed by atoms with Gasteiger partial charge in [-0.05, 0) is 26.2 Å². The molecule has 20 heavy (non-hydrogen) atoms. The molecule has 1 fully saturated rings. The fourth-order valence-corrected chi connectivity index (χ4v) is 2.85. The van der Waals surface area contributed by atoms with E-state index in [0.717, 1.165) is 12.8 Å². The maximum Gasteiger partial charge on any atom is 0.452 e. The number of carbonyl (C=O) groups is 1. The highest BCUT2D eigenvalue weighted by Gasteiger charge is 2.38. The predicted octanol–water partition coefficient (Wildman–Crippen LogP) is 2.48. The van der Waals surface area contributed by atoms with Crippen LogP contribution in [-0.2, 0) is 15.7 Å². The molecule has 0 aliphatic carbocycles. The van der Waals surface area contributed by atoms with E-state index in [-0.39, 0.29) is 11.7 Å². The van der Waals surface area contributed by atoms with E-state index in [1.165, 1.54) is 0 Å². The molecule has 1 unspecified atom stereocenters. The van der Waals surface area contributed by atoms with Gasteiger partial charge >= 0.3 is 12.1 Å². The quantitative estimate of drug-likeness (QED) is 0.803. The van der Waals surface area contributed by atoms with Crippen molar-refractivity contribution in [2.24, 2.45) is 0 Å². The Morgan fingerprint density at radius 1 is 1.50 bits per heavy atom. The Labute approximate surface area is 117 Å². The van der Waals surface area contributed by atoms with E-state index in [2.05, 4.69) is 9.36 Å². The summed E-state index contributed by atoms with van der Waals surface area (Å²) in [6.07, 6.45) is -2.37. The van der Waals surface area contributed by atoms with Crippen molar-refractivity contribution in [2.75, 3.05) is 18.1 Å². The molecule has 1 aromatic heterocycles. The van der Waals surface area contributed by atoms with Gasteiger partial charge in [-0.15, -0.1) is 0 Å². The summed E-state index contributed by atoms with van der Waals surface area (Å²) in [5.74, 6) is -1.58. The van der Waals surface area contributed by atoms with Gasteiger partial charge < -0.3 is 9.64 Å². The van der Waals surface area contributed by atoms with Crippen molar-refractivity contribution < 1.29 is 22.7 Å². The Hall–Kier alpha value is -1.38. The van der Waals surface area contributed by atoms with Crippen LogP contribution in [0.1, 0.15) is 32.0 Å². The first-order chi connectivity index (χ1) is 9.43. The molecule has 2 heterocycles. The van der Waals surface area contributed by atoms with Crippen molar-refractivity contribution in [3.63, 3.8) is 0 Å². The smallest absolute Gasteiger partial charge is 0.452 e. The lowest BCUT2D eigenvalue weighted by atomic mass is 10.0. The third kappa shape index (κ3) is 3.20. The number of piperidine rings is 1. The number of nitrogens with zero attached hydrogens (tertiary/aromatic N) is 3. The Bertz CT molecular complexity index is 478. The van der Waals surface area contributed by atoms with Gasteiger partial charge in [-0.3, -0.25) is 0 Å². The minimum Gasteiger partial charge on any atom is -0.464 e. The molecule has 112 valence electrons. The summed E-state index contributed by atoms with van der Waals surface area (Å²) in [5.41, 5.74) is 0. The molecule has 0 radical (unpaired) electrons. The van der Waals surface area contributed by atoms with Gasteiger partial charge in [0.25, 0.3) is 0 Å². The van der Waals surface area contributed by atoms with Crippen molar-refractivity contribution >= 4 is 22.6 Å². The first-order valence-corrected chi connectivity index (χ1v) is 7.05. The van der Waals surface area contributed by atoms with Crippen molar-refractivity contribution in [3.05, 3.63) is 5.82 Å². The van der Waals surface area contributed by atoms with Crippen LogP contribution in [0.2, 0.25) is 0 Å². The second-order valence-electron chi connectivity index (χ2n) is 4.36. The molecule has 0 bridgehead atoms. The van der Waals surface area contributed by atoms with E-state index in [9.17, 15) is 18.0 Å². The number of anilines is 1. The summed E-state index contributed by atoms with van der Waals surface area (Å²) in [5, 5.41) is 0.120. The van der Waals surface area contributed by atoms with Crippen LogP contribution in [0.15, 0.2) is 0 Å². The number of alkyl halides is 3. The Balaban J connectivity index is 2.19. The Morgan fingerprint density at radius 3 is 2.85 bits per heavy atom. The van der Waals surface area contributed by atoms with Crippen LogP contribution < -0.4 is 4.90 Å². The minimum atomic E-state index is -4.57. The number of rotatable bonds is 3. The van der Waals surface area contributed by atoms with Crippen molar-refractivity contribution in [1.82, 2.24) is 9.36 Å². The number of hydrogen-bond donors (Lipinski definition) is 0. The highest BCUT2D eigenvalue weighted by molar-refractivity contribution is 7.09. The lowest BCUT2D eigenvalue weighted by Gasteiger charge is -2.33. The monoisotopic (exact) mass is 309 g/mol. The molecule has 0 spiro atoms. The fourth-order valence-electron chi connectivity index (χ4n) is 2.09. The first-order valence-electron chi connectivity index (χ1n) is 6.27. The lowest BCUT2D eigenvalue weighted by Crippen LogP contribution is -2.45. The molecule has 1 saturated heterocycles. The Morgan fingerprint density at radius 2 is 2.25 bits per heavy atom. The number of carbonyl (C=O) groups excluding carboxylic acids is 1. The fraction of sp³-hybridized carbons (Fsp3) is 0.727. The summed E-state index contributed by atoms with van der Waals surface area (Å²) in [6, 6.07) is -0.572. The number of ether oxygens (including phenoxy) is 1. The minimum absolute atomic E-state index is 0.120. The normalized spacial score (nSPS) is 20.0. The molecule has 1 aliphatic heterocycles. The SMILES string of the molecule is CCOC(=O)C1CCCCN1c1nc(C(F)(F)F)ns1. The van der Waals surface area contributed by atoms with E-state index >= 15 is 0 Å². The molecular formula is C11H14F3N3O2S. The van der Waals surface area contributed by atoms with Gasteiger partial charge in [0.2, 0.25) is 11.0 Å². The van der Waals surface area contributed by atoms with Gasteiger partial charge in [0, 0.05) is 18.1 Å². The maximum absolute atomic E-state index is 12.5. The Kier molecular flexibility index (Phi) is 4.46. The van der Waals surface area contributed by atoms with E-state index in [0.29, 0.717) is 24.5 Å². The van der Waals surface area contributed by atoms with Crippen molar-refractivity contribution in [3.8, 4) is 0 Å². The molecule has 0 amide bonds. The summed E-state index contributed by atoms with van der Waals surface area (Å²) in [7, 11) is 0. The van der Waals surface area contributed by atoms with Crippen LogP contribution >= 0.6 is 11.5 Å².